The lowest BCUT2D eigenvalue weighted by atomic mass is 10.1. The molecule has 5 heteroatoms. The summed E-state index contributed by atoms with van der Waals surface area (Å²) in [5.74, 6) is -1.14. The highest BCUT2D eigenvalue weighted by atomic mass is 32.1. The number of likely N-dealkylation sites (N-methyl/N-ethyl adjacent to an activating group) is 1. The Morgan fingerprint density at radius 1 is 1.64 bits per heavy atom. The van der Waals surface area contributed by atoms with Gasteiger partial charge in [0.15, 0.2) is 5.78 Å². The fraction of sp³-hybridized carbons (Fsp3) is 0.333. The smallest absolute Gasteiger partial charge is 0.305 e. The van der Waals surface area contributed by atoms with Gasteiger partial charge in [-0.1, -0.05) is 6.07 Å². The molecule has 1 unspecified atom stereocenters. The summed E-state index contributed by atoms with van der Waals surface area (Å²) in [6.07, 6.45) is -0.187. The quantitative estimate of drug-likeness (QED) is 0.716. The van der Waals surface area contributed by atoms with Crippen molar-refractivity contribution >= 4 is 23.1 Å². The topological polar surface area (TPSA) is 66.4 Å². The van der Waals surface area contributed by atoms with Crippen LogP contribution in [0.15, 0.2) is 17.5 Å². The van der Waals surface area contributed by atoms with E-state index in [1.807, 2.05) is 0 Å². The van der Waals surface area contributed by atoms with E-state index < -0.39 is 12.0 Å². The Bertz CT molecular complexity index is 321. The van der Waals surface area contributed by atoms with Crippen LogP contribution in [0.4, 0.5) is 0 Å². The molecule has 0 saturated heterocycles. The van der Waals surface area contributed by atoms with E-state index in [0.29, 0.717) is 4.88 Å². The van der Waals surface area contributed by atoms with Crippen LogP contribution in [-0.2, 0) is 4.79 Å². The van der Waals surface area contributed by atoms with E-state index in [4.69, 9.17) is 5.11 Å². The van der Waals surface area contributed by atoms with Crippen molar-refractivity contribution in [2.75, 3.05) is 7.05 Å². The third kappa shape index (κ3) is 2.65. The zero-order valence-corrected chi connectivity index (χ0v) is 8.50. The maximum absolute atomic E-state index is 11.7. The van der Waals surface area contributed by atoms with Crippen LogP contribution in [-0.4, -0.2) is 29.9 Å². The van der Waals surface area contributed by atoms with Gasteiger partial charge in [-0.3, -0.25) is 9.59 Å². The first-order valence-corrected chi connectivity index (χ1v) is 5.00. The monoisotopic (exact) mass is 213 g/mol. The summed E-state index contributed by atoms with van der Waals surface area (Å²) in [6, 6.07) is 2.83. The first-order chi connectivity index (χ1) is 6.65. The molecule has 0 aromatic carbocycles. The number of carbonyl (C=O) groups excluding carboxylic acids is 1. The number of hydrogen-bond acceptors (Lipinski definition) is 4. The lowest BCUT2D eigenvalue weighted by molar-refractivity contribution is -0.137. The lowest BCUT2D eigenvalue weighted by Gasteiger charge is -2.10. The average molecular weight is 213 g/mol. The van der Waals surface area contributed by atoms with Gasteiger partial charge >= 0.3 is 5.97 Å². The van der Waals surface area contributed by atoms with Gasteiger partial charge in [-0.25, -0.2) is 0 Å². The molecule has 0 aliphatic heterocycles. The number of carboxylic acids is 1. The summed E-state index contributed by atoms with van der Waals surface area (Å²) in [7, 11) is 1.58. The van der Waals surface area contributed by atoms with Gasteiger partial charge in [0.1, 0.15) is 0 Å². The number of carbonyl (C=O) groups is 2. The Kier molecular flexibility index (Phi) is 3.79. The van der Waals surface area contributed by atoms with Crippen molar-refractivity contribution in [2.45, 2.75) is 12.5 Å². The Hall–Kier alpha value is -1.20. The molecule has 1 rings (SSSR count). The van der Waals surface area contributed by atoms with E-state index in [1.165, 1.54) is 11.3 Å². The molecule has 4 nitrogen and oxygen atoms in total. The minimum Gasteiger partial charge on any atom is -0.481 e. The number of thiophene rings is 1. The predicted molar refractivity (Wildman–Crippen MR) is 53.8 cm³/mol. The van der Waals surface area contributed by atoms with E-state index in [-0.39, 0.29) is 12.2 Å². The third-order valence-electron chi connectivity index (χ3n) is 1.81. The molecule has 0 bridgehead atoms. The van der Waals surface area contributed by atoms with Crippen LogP contribution < -0.4 is 5.32 Å². The molecule has 0 fully saturated rings. The Morgan fingerprint density at radius 2 is 2.36 bits per heavy atom. The summed E-state index contributed by atoms with van der Waals surface area (Å²) in [4.78, 5) is 22.7. The molecule has 1 aromatic rings. The summed E-state index contributed by atoms with van der Waals surface area (Å²) in [5, 5.41) is 13.1. The maximum Gasteiger partial charge on any atom is 0.305 e. The average Bonchev–Trinajstić information content (AvgIpc) is 2.65. The molecule has 76 valence electrons. The van der Waals surface area contributed by atoms with Crippen LogP contribution in [0, 0.1) is 0 Å². The van der Waals surface area contributed by atoms with Crippen LogP contribution in [0.25, 0.3) is 0 Å². The molecule has 14 heavy (non-hydrogen) atoms. The minimum absolute atomic E-state index is 0.162. The van der Waals surface area contributed by atoms with E-state index in [2.05, 4.69) is 5.32 Å². The zero-order valence-electron chi connectivity index (χ0n) is 7.69. The highest BCUT2D eigenvalue weighted by molar-refractivity contribution is 7.12. The van der Waals surface area contributed by atoms with Crippen LogP contribution in [0.5, 0.6) is 0 Å². The first kappa shape index (κ1) is 10.9. The van der Waals surface area contributed by atoms with Crippen molar-refractivity contribution in [3.63, 3.8) is 0 Å². The van der Waals surface area contributed by atoms with Gasteiger partial charge in [0.25, 0.3) is 0 Å². The Morgan fingerprint density at radius 3 is 2.79 bits per heavy atom. The molecule has 0 amide bonds. The number of ketones is 1. The molecule has 1 aromatic heterocycles. The van der Waals surface area contributed by atoms with Crippen LogP contribution in [0.1, 0.15) is 16.1 Å². The standard InChI is InChI=1S/C9H11NO3S/c1-10-6(5-8(11)12)9(13)7-3-2-4-14-7/h2-4,6,10H,5H2,1H3,(H,11,12). The van der Waals surface area contributed by atoms with Crippen molar-refractivity contribution in [1.29, 1.82) is 0 Å². The number of aliphatic carboxylic acids is 1. The molecule has 0 aliphatic carbocycles. The van der Waals surface area contributed by atoms with Crippen LogP contribution >= 0.6 is 11.3 Å². The highest BCUT2D eigenvalue weighted by Crippen LogP contribution is 2.12. The summed E-state index contributed by atoms with van der Waals surface area (Å²) in [5.41, 5.74) is 0. The fourth-order valence-electron chi connectivity index (χ4n) is 1.09. The molecule has 0 aliphatic rings. The number of carboxylic acid groups (broad SMARTS) is 1. The summed E-state index contributed by atoms with van der Waals surface area (Å²) in [6.45, 7) is 0. The van der Waals surface area contributed by atoms with Crippen molar-refractivity contribution in [3.8, 4) is 0 Å². The molecule has 1 atom stereocenters. The second-order valence-electron chi connectivity index (χ2n) is 2.78. The van der Waals surface area contributed by atoms with E-state index in [9.17, 15) is 9.59 Å². The molecule has 1 heterocycles. The van der Waals surface area contributed by atoms with E-state index in [0.717, 1.165) is 0 Å². The second kappa shape index (κ2) is 4.88. The van der Waals surface area contributed by atoms with Crippen molar-refractivity contribution in [1.82, 2.24) is 5.32 Å². The summed E-state index contributed by atoms with van der Waals surface area (Å²) < 4.78 is 0. The molecule has 0 spiro atoms. The number of nitrogens with one attached hydrogen (secondary N) is 1. The Labute approximate surface area is 85.6 Å². The Balaban J connectivity index is 2.70. The molecule has 0 radical (unpaired) electrons. The highest BCUT2D eigenvalue weighted by Gasteiger charge is 2.21. The van der Waals surface area contributed by atoms with Gasteiger partial charge in [-0.05, 0) is 18.5 Å². The largest absolute Gasteiger partial charge is 0.481 e. The van der Waals surface area contributed by atoms with Crippen molar-refractivity contribution in [3.05, 3.63) is 22.4 Å². The molecular formula is C9H11NO3S. The fourth-order valence-corrected chi connectivity index (χ4v) is 1.81. The van der Waals surface area contributed by atoms with Gasteiger partial charge < -0.3 is 10.4 Å². The predicted octanol–water partition coefficient (Wildman–Crippen LogP) is 0.993. The van der Waals surface area contributed by atoms with Crippen molar-refractivity contribution in [2.24, 2.45) is 0 Å². The second-order valence-corrected chi connectivity index (χ2v) is 3.73. The van der Waals surface area contributed by atoms with Crippen molar-refractivity contribution < 1.29 is 14.7 Å². The first-order valence-electron chi connectivity index (χ1n) is 4.12. The van der Waals surface area contributed by atoms with Crippen LogP contribution in [0.2, 0.25) is 0 Å². The number of Topliss-reactive ketones (excluding diaryl/α,β-unsaturated/α-hetero) is 1. The van der Waals surface area contributed by atoms with E-state index in [1.54, 1.807) is 24.6 Å². The SMILES string of the molecule is CNC(CC(=O)O)C(=O)c1cccs1. The van der Waals surface area contributed by atoms with Gasteiger partial charge in [0.05, 0.1) is 17.3 Å². The van der Waals surface area contributed by atoms with Crippen LogP contribution in [0.3, 0.4) is 0 Å². The van der Waals surface area contributed by atoms with Gasteiger partial charge in [-0.15, -0.1) is 11.3 Å². The van der Waals surface area contributed by atoms with Gasteiger partial charge in [0.2, 0.25) is 0 Å². The number of hydrogen-bond donors (Lipinski definition) is 2. The molecule has 0 saturated carbocycles. The van der Waals surface area contributed by atoms with E-state index >= 15 is 0 Å². The maximum atomic E-state index is 11.7. The zero-order chi connectivity index (χ0) is 10.6. The number of rotatable bonds is 5. The normalized spacial score (nSPS) is 12.4. The molecular weight excluding hydrogens is 202 g/mol. The van der Waals surface area contributed by atoms with Gasteiger partial charge in [-0.2, -0.15) is 0 Å². The minimum atomic E-state index is -0.978. The lowest BCUT2D eigenvalue weighted by Crippen LogP contribution is -2.35. The molecule has 2 N–H and O–H groups in total. The summed E-state index contributed by atoms with van der Waals surface area (Å²) >= 11 is 1.32. The van der Waals surface area contributed by atoms with Gasteiger partial charge in [0, 0.05) is 0 Å². The third-order valence-corrected chi connectivity index (χ3v) is 2.69.